The van der Waals surface area contributed by atoms with Crippen LogP contribution in [0.2, 0.25) is 0 Å². The van der Waals surface area contributed by atoms with Gasteiger partial charge in [-0.25, -0.2) is 4.68 Å². The molecule has 8 heteroatoms. The third-order valence-corrected chi connectivity index (χ3v) is 4.83. The summed E-state index contributed by atoms with van der Waals surface area (Å²) in [7, 11) is 0. The molecule has 0 atom stereocenters. The number of amides is 3. The molecule has 0 radical (unpaired) electrons. The van der Waals surface area contributed by atoms with Gasteiger partial charge < -0.3 is 16.4 Å². The Kier molecular flexibility index (Phi) is 6.26. The Bertz CT molecular complexity index is 1300. The molecule has 0 fully saturated rings. The van der Waals surface area contributed by atoms with Crippen molar-refractivity contribution in [1.82, 2.24) is 15.1 Å². The Morgan fingerprint density at radius 3 is 2.24 bits per heavy atom. The highest BCUT2D eigenvalue weighted by atomic mass is 16.2. The number of aromatic nitrogens is 2. The SMILES string of the molecule is NC(=O)CNC(=O)c1cccc(NC(=O)c2cn(-c3ccccc3)nc2-c2ccccc2)c1. The van der Waals surface area contributed by atoms with Crippen LogP contribution in [0, 0.1) is 0 Å². The Balaban J connectivity index is 1.63. The van der Waals surface area contributed by atoms with Gasteiger partial charge in [0.05, 0.1) is 17.8 Å². The fourth-order valence-corrected chi connectivity index (χ4v) is 3.27. The number of nitrogens with one attached hydrogen (secondary N) is 2. The van der Waals surface area contributed by atoms with Crippen LogP contribution in [-0.4, -0.2) is 34.0 Å². The van der Waals surface area contributed by atoms with Crippen LogP contribution < -0.4 is 16.4 Å². The van der Waals surface area contributed by atoms with Crippen LogP contribution in [-0.2, 0) is 4.79 Å². The van der Waals surface area contributed by atoms with Crippen molar-refractivity contribution in [3.05, 3.63) is 102 Å². The van der Waals surface area contributed by atoms with Crippen LogP contribution in [0.25, 0.3) is 16.9 Å². The van der Waals surface area contributed by atoms with Crippen molar-refractivity contribution in [3.8, 4) is 16.9 Å². The normalized spacial score (nSPS) is 10.4. The minimum Gasteiger partial charge on any atom is -0.368 e. The summed E-state index contributed by atoms with van der Waals surface area (Å²) in [5.41, 5.74) is 8.33. The molecule has 164 valence electrons. The van der Waals surface area contributed by atoms with E-state index in [2.05, 4.69) is 15.7 Å². The Morgan fingerprint density at radius 1 is 0.848 bits per heavy atom. The van der Waals surface area contributed by atoms with E-state index in [9.17, 15) is 14.4 Å². The lowest BCUT2D eigenvalue weighted by Crippen LogP contribution is -2.33. The fourth-order valence-electron chi connectivity index (χ4n) is 3.27. The molecule has 0 aliphatic heterocycles. The minimum absolute atomic E-state index is 0.269. The van der Waals surface area contributed by atoms with E-state index >= 15 is 0 Å². The summed E-state index contributed by atoms with van der Waals surface area (Å²) in [5.74, 6) is -1.48. The summed E-state index contributed by atoms with van der Waals surface area (Å²) < 4.78 is 1.66. The number of primary amides is 1. The number of hydrogen-bond acceptors (Lipinski definition) is 4. The number of nitrogens with zero attached hydrogens (tertiary/aromatic N) is 2. The molecule has 0 aliphatic carbocycles. The number of carbonyl (C=O) groups is 3. The number of benzene rings is 3. The monoisotopic (exact) mass is 439 g/mol. The zero-order chi connectivity index (χ0) is 23.2. The lowest BCUT2D eigenvalue weighted by molar-refractivity contribution is -0.117. The molecular formula is C25H21N5O3. The zero-order valence-electron chi connectivity index (χ0n) is 17.6. The maximum atomic E-state index is 13.2. The van der Waals surface area contributed by atoms with E-state index in [1.807, 2.05) is 60.7 Å². The highest BCUT2D eigenvalue weighted by Crippen LogP contribution is 2.25. The highest BCUT2D eigenvalue weighted by Gasteiger charge is 2.19. The van der Waals surface area contributed by atoms with Crippen LogP contribution in [0.1, 0.15) is 20.7 Å². The fraction of sp³-hybridized carbons (Fsp3) is 0.0400. The van der Waals surface area contributed by atoms with Gasteiger partial charge in [-0.3, -0.25) is 14.4 Å². The standard InChI is InChI=1S/C25H21N5O3/c26-22(31)15-27-24(32)18-10-7-11-19(14-18)28-25(33)21-16-30(20-12-5-2-6-13-20)29-23(21)17-8-3-1-4-9-17/h1-14,16H,15H2,(H2,26,31)(H,27,32)(H,28,33). The molecule has 3 amide bonds. The summed E-state index contributed by atoms with van der Waals surface area (Å²) >= 11 is 0. The van der Waals surface area contributed by atoms with Crippen LogP contribution in [0.15, 0.2) is 91.1 Å². The van der Waals surface area contributed by atoms with E-state index in [1.54, 1.807) is 29.1 Å². The molecule has 0 saturated carbocycles. The molecule has 1 aromatic heterocycles. The first-order valence-electron chi connectivity index (χ1n) is 10.2. The van der Waals surface area contributed by atoms with E-state index < -0.39 is 11.8 Å². The maximum Gasteiger partial charge on any atom is 0.259 e. The summed E-state index contributed by atoms with van der Waals surface area (Å²) in [5, 5.41) is 9.90. The van der Waals surface area contributed by atoms with Crippen molar-refractivity contribution < 1.29 is 14.4 Å². The number of nitrogens with two attached hydrogens (primary N) is 1. The van der Waals surface area contributed by atoms with Gasteiger partial charge in [0, 0.05) is 23.0 Å². The molecule has 0 unspecified atom stereocenters. The van der Waals surface area contributed by atoms with Crippen molar-refractivity contribution in [2.24, 2.45) is 5.73 Å². The number of para-hydroxylation sites is 1. The largest absolute Gasteiger partial charge is 0.368 e. The lowest BCUT2D eigenvalue weighted by atomic mass is 10.1. The molecule has 33 heavy (non-hydrogen) atoms. The van der Waals surface area contributed by atoms with Gasteiger partial charge in [-0.2, -0.15) is 5.10 Å². The van der Waals surface area contributed by atoms with E-state index in [1.165, 1.54) is 6.07 Å². The summed E-state index contributed by atoms with van der Waals surface area (Å²) in [4.78, 5) is 36.3. The van der Waals surface area contributed by atoms with Gasteiger partial charge in [0.15, 0.2) is 0 Å². The second-order valence-electron chi connectivity index (χ2n) is 7.22. The molecule has 4 N–H and O–H groups in total. The van der Waals surface area contributed by atoms with Gasteiger partial charge in [0.2, 0.25) is 5.91 Å². The van der Waals surface area contributed by atoms with Crippen molar-refractivity contribution in [2.45, 2.75) is 0 Å². The van der Waals surface area contributed by atoms with E-state index in [4.69, 9.17) is 5.73 Å². The van der Waals surface area contributed by atoms with Crippen molar-refractivity contribution in [2.75, 3.05) is 11.9 Å². The molecule has 4 aromatic rings. The van der Waals surface area contributed by atoms with E-state index in [0.29, 0.717) is 16.9 Å². The highest BCUT2D eigenvalue weighted by molar-refractivity contribution is 6.08. The molecule has 4 rings (SSSR count). The average Bonchev–Trinajstić information content (AvgIpc) is 3.30. The van der Waals surface area contributed by atoms with Crippen molar-refractivity contribution >= 4 is 23.4 Å². The Hall–Kier alpha value is -4.72. The number of carbonyl (C=O) groups excluding carboxylic acids is 3. The quantitative estimate of drug-likeness (QED) is 0.410. The van der Waals surface area contributed by atoms with E-state index in [0.717, 1.165) is 11.3 Å². The van der Waals surface area contributed by atoms with Gasteiger partial charge in [0.25, 0.3) is 11.8 Å². The van der Waals surface area contributed by atoms with Gasteiger partial charge in [0.1, 0.15) is 5.69 Å². The molecule has 1 heterocycles. The summed E-state index contributed by atoms with van der Waals surface area (Å²) in [6.07, 6.45) is 1.68. The zero-order valence-corrected chi connectivity index (χ0v) is 17.6. The van der Waals surface area contributed by atoms with Gasteiger partial charge in [-0.15, -0.1) is 0 Å². The Labute approximate surface area is 190 Å². The summed E-state index contributed by atoms with van der Waals surface area (Å²) in [6, 6.07) is 25.4. The van der Waals surface area contributed by atoms with Gasteiger partial charge in [-0.1, -0.05) is 54.6 Å². The predicted octanol–water partition coefficient (Wildman–Crippen LogP) is 3.01. The third kappa shape index (κ3) is 5.13. The smallest absolute Gasteiger partial charge is 0.259 e. The molecular weight excluding hydrogens is 418 g/mol. The van der Waals surface area contributed by atoms with E-state index in [-0.39, 0.29) is 18.0 Å². The number of anilines is 1. The third-order valence-electron chi connectivity index (χ3n) is 4.83. The lowest BCUT2D eigenvalue weighted by Gasteiger charge is -2.08. The van der Waals surface area contributed by atoms with Crippen LogP contribution in [0.3, 0.4) is 0 Å². The molecule has 3 aromatic carbocycles. The molecule has 8 nitrogen and oxygen atoms in total. The average molecular weight is 439 g/mol. The van der Waals surface area contributed by atoms with Crippen LogP contribution >= 0.6 is 0 Å². The number of hydrogen-bond donors (Lipinski definition) is 3. The van der Waals surface area contributed by atoms with Gasteiger partial charge >= 0.3 is 0 Å². The van der Waals surface area contributed by atoms with Gasteiger partial charge in [-0.05, 0) is 30.3 Å². The first-order chi connectivity index (χ1) is 16.0. The topological polar surface area (TPSA) is 119 Å². The first-order valence-corrected chi connectivity index (χ1v) is 10.2. The molecule has 0 aliphatic rings. The predicted molar refractivity (Wildman–Crippen MR) is 125 cm³/mol. The number of rotatable bonds is 7. The Morgan fingerprint density at radius 2 is 1.55 bits per heavy atom. The second-order valence-corrected chi connectivity index (χ2v) is 7.22. The molecule has 0 spiro atoms. The minimum atomic E-state index is -0.642. The second kappa shape index (κ2) is 9.61. The van der Waals surface area contributed by atoms with Crippen LogP contribution in [0.5, 0.6) is 0 Å². The molecule has 0 saturated heterocycles. The maximum absolute atomic E-state index is 13.2. The van der Waals surface area contributed by atoms with Crippen molar-refractivity contribution in [3.63, 3.8) is 0 Å². The van der Waals surface area contributed by atoms with Crippen LogP contribution in [0.4, 0.5) is 5.69 Å². The molecule has 0 bridgehead atoms. The summed E-state index contributed by atoms with van der Waals surface area (Å²) in [6.45, 7) is -0.269. The first kappa shape index (κ1) is 21.5. The van der Waals surface area contributed by atoms with Crippen molar-refractivity contribution in [1.29, 1.82) is 0 Å².